The number of ether oxygens (including phenoxy) is 1. The van der Waals surface area contributed by atoms with Crippen LogP contribution in [0.2, 0.25) is 5.15 Å². The van der Waals surface area contributed by atoms with E-state index in [2.05, 4.69) is 35.0 Å². The van der Waals surface area contributed by atoms with Gasteiger partial charge in [-0.05, 0) is 30.2 Å². The zero-order chi connectivity index (χ0) is 15.7. The van der Waals surface area contributed by atoms with Gasteiger partial charge in [-0.25, -0.2) is 9.37 Å². The highest BCUT2D eigenvalue weighted by molar-refractivity contribution is 6.29. The van der Waals surface area contributed by atoms with Gasteiger partial charge in [0, 0.05) is 25.4 Å². The van der Waals surface area contributed by atoms with Crippen molar-refractivity contribution in [3.63, 3.8) is 0 Å². The molecule has 1 unspecified atom stereocenters. The molecule has 0 saturated carbocycles. The lowest BCUT2D eigenvalue weighted by molar-refractivity contribution is 0.119. The Balaban J connectivity index is 0.000000491. The molecule has 0 bridgehead atoms. The molecular formula is C16H20ClFN2O. The second-order valence-electron chi connectivity index (χ2n) is 4.35. The highest BCUT2D eigenvalue weighted by Crippen LogP contribution is 2.23. The number of nitrogens with zero attached hydrogens (tertiary/aromatic N) is 1. The van der Waals surface area contributed by atoms with E-state index in [1.165, 1.54) is 0 Å². The summed E-state index contributed by atoms with van der Waals surface area (Å²) in [6.07, 6.45) is 1.89. The van der Waals surface area contributed by atoms with Crippen molar-refractivity contribution in [3.8, 4) is 11.1 Å². The van der Waals surface area contributed by atoms with Gasteiger partial charge in [0.1, 0.15) is 11.8 Å². The molecule has 2 rings (SSSR count). The maximum absolute atomic E-state index is 10.6. The van der Waals surface area contributed by atoms with Crippen molar-refractivity contribution >= 4 is 11.6 Å². The lowest BCUT2D eigenvalue weighted by atomic mass is 10.0. The maximum Gasteiger partial charge on any atom is 0.129 e. The predicted octanol–water partition coefficient (Wildman–Crippen LogP) is 4.02. The van der Waals surface area contributed by atoms with Crippen LogP contribution in [-0.2, 0) is 4.74 Å². The molecule has 0 spiro atoms. The zero-order valence-electron chi connectivity index (χ0n) is 12.2. The maximum atomic E-state index is 10.6. The number of pyridine rings is 1. The fraction of sp³-hybridized carbons (Fsp3) is 0.312. The van der Waals surface area contributed by atoms with Gasteiger partial charge in [0.15, 0.2) is 0 Å². The van der Waals surface area contributed by atoms with E-state index in [-0.39, 0.29) is 12.6 Å². The number of methoxy groups -OCH3 is 1. The van der Waals surface area contributed by atoms with E-state index in [1.54, 1.807) is 19.4 Å². The van der Waals surface area contributed by atoms with Crippen LogP contribution in [-0.4, -0.2) is 25.3 Å². The van der Waals surface area contributed by atoms with Crippen LogP contribution in [0.1, 0.15) is 18.6 Å². The lowest BCUT2D eigenvalue weighted by Gasteiger charge is -2.10. The lowest BCUT2D eigenvalue weighted by Crippen LogP contribution is -1.98. The molecule has 0 aliphatic rings. The molecule has 2 aromatic rings. The first-order chi connectivity index (χ1) is 10.1. The van der Waals surface area contributed by atoms with Crippen molar-refractivity contribution in [1.29, 1.82) is 0 Å². The molecule has 1 aromatic heterocycles. The average molecular weight is 311 g/mol. The summed E-state index contributed by atoms with van der Waals surface area (Å²) in [5.74, 6) is 0. The summed E-state index contributed by atoms with van der Waals surface area (Å²) in [6, 6.07) is 12.0. The van der Waals surface area contributed by atoms with Gasteiger partial charge in [-0.3, -0.25) is 0 Å². The Morgan fingerprint density at radius 3 is 2.19 bits per heavy atom. The van der Waals surface area contributed by atoms with Crippen molar-refractivity contribution in [2.45, 2.75) is 13.0 Å². The smallest absolute Gasteiger partial charge is 0.129 e. The van der Waals surface area contributed by atoms with E-state index in [0.717, 1.165) is 16.7 Å². The largest absolute Gasteiger partial charge is 0.377 e. The summed E-state index contributed by atoms with van der Waals surface area (Å²) in [7, 11) is 1.71. The Morgan fingerprint density at radius 1 is 1.19 bits per heavy atom. The molecule has 0 radical (unpaired) electrons. The third-order valence-electron chi connectivity index (χ3n) is 2.90. The first-order valence-corrected chi connectivity index (χ1v) is 7.00. The van der Waals surface area contributed by atoms with Gasteiger partial charge < -0.3 is 10.5 Å². The minimum atomic E-state index is -0.403. The van der Waals surface area contributed by atoms with Crippen molar-refractivity contribution in [3.05, 3.63) is 53.3 Å². The summed E-state index contributed by atoms with van der Waals surface area (Å²) in [5.41, 5.74) is 8.01. The van der Waals surface area contributed by atoms with Crippen LogP contribution in [0, 0.1) is 0 Å². The molecule has 0 aliphatic heterocycles. The Kier molecular flexibility index (Phi) is 7.90. The van der Waals surface area contributed by atoms with Crippen LogP contribution in [0.15, 0.2) is 42.6 Å². The van der Waals surface area contributed by atoms with Gasteiger partial charge in [0.25, 0.3) is 0 Å². The number of hydrogen-bond acceptors (Lipinski definition) is 3. The number of benzene rings is 1. The van der Waals surface area contributed by atoms with Gasteiger partial charge >= 0.3 is 0 Å². The van der Waals surface area contributed by atoms with Crippen LogP contribution in [0.5, 0.6) is 0 Å². The molecule has 21 heavy (non-hydrogen) atoms. The summed E-state index contributed by atoms with van der Waals surface area (Å²) in [6.45, 7) is 1.78. The zero-order valence-corrected chi connectivity index (χ0v) is 13.0. The fourth-order valence-corrected chi connectivity index (χ4v) is 1.74. The quantitative estimate of drug-likeness (QED) is 0.868. The average Bonchev–Trinajstić information content (AvgIpc) is 2.55. The highest BCUT2D eigenvalue weighted by Gasteiger charge is 2.04. The van der Waals surface area contributed by atoms with Gasteiger partial charge in [0.05, 0.1) is 6.10 Å². The third kappa shape index (κ3) is 5.79. The Morgan fingerprint density at radius 2 is 1.76 bits per heavy atom. The molecule has 1 aromatic carbocycles. The molecule has 1 heterocycles. The molecule has 114 valence electrons. The van der Waals surface area contributed by atoms with Crippen molar-refractivity contribution in [1.82, 2.24) is 4.98 Å². The van der Waals surface area contributed by atoms with E-state index in [4.69, 9.17) is 16.3 Å². The SMILES string of the molecule is COC(C)c1ccc(-c2ccc(Cl)nc2)cc1.NCCF. The molecule has 1 atom stereocenters. The molecule has 5 heteroatoms. The fourth-order valence-electron chi connectivity index (χ4n) is 1.63. The van der Waals surface area contributed by atoms with E-state index in [0.29, 0.717) is 5.15 Å². The molecule has 0 saturated heterocycles. The van der Waals surface area contributed by atoms with Gasteiger partial charge in [-0.1, -0.05) is 35.9 Å². The van der Waals surface area contributed by atoms with E-state index in [9.17, 15) is 4.39 Å². The van der Waals surface area contributed by atoms with Crippen LogP contribution in [0.25, 0.3) is 11.1 Å². The van der Waals surface area contributed by atoms with Gasteiger partial charge in [-0.2, -0.15) is 0 Å². The van der Waals surface area contributed by atoms with Crippen LogP contribution < -0.4 is 5.73 Å². The Bertz CT molecular complexity index is 515. The first-order valence-electron chi connectivity index (χ1n) is 6.63. The number of halogens is 2. The third-order valence-corrected chi connectivity index (χ3v) is 3.13. The number of nitrogens with two attached hydrogens (primary N) is 1. The van der Waals surface area contributed by atoms with Gasteiger partial charge in [0.2, 0.25) is 0 Å². The van der Waals surface area contributed by atoms with Crippen LogP contribution in [0.4, 0.5) is 4.39 Å². The standard InChI is InChI=1S/C14H14ClNO.C2H6FN/c1-10(17-2)11-3-5-12(6-4-11)13-7-8-14(15)16-9-13;3-1-2-4/h3-10H,1-2H3;1-2,4H2. The molecule has 0 amide bonds. The Labute approximate surface area is 129 Å². The normalized spacial score (nSPS) is 11.5. The first kappa shape index (κ1) is 17.6. The summed E-state index contributed by atoms with van der Waals surface area (Å²) in [5, 5.41) is 0.512. The van der Waals surface area contributed by atoms with E-state index >= 15 is 0 Å². The van der Waals surface area contributed by atoms with Crippen molar-refractivity contribution in [2.24, 2.45) is 5.73 Å². The predicted molar refractivity (Wildman–Crippen MR) is 85.1 cm³/mol. The summed E-state index contributed by atoms with van der Waals surface area (Å²) in [4.78, 5) is 4.07. The number of alkyl halides is 1. The van der Waals surface area contributed by atoms with Crippen molar-refractivity contribution in [2.75, 3.05) is 20.3 Å². The van der Waals surface area contributed by atoms with Crippen LogP contribution in [0.3, 0.4) is 0 Å². The Hall–Kier alpha value is -1.49. The van der Waals surface area contributed by atoms with E-state index < -0.39 is 6.67 Å². The number of hydrogen-bond donors (Lipinski definition) is 1. The number of rotatable bonds is 4. The van der Waals surface area contributed by atoms with Gasteiger partial charge in [-0.15, -0.1) is 0 Å². The molecule has 0 aliphatic carbocycles. The summed E-state index contributed by atoms with van der Waals surface area (Å²) >= 11 is 5.76. The minimum Gasteiger partial charge on any atom is -0.377 e. The topological polar surface area (TPSA) is 48.1 Å². The molecule has 3 nitrogen and oxygen atoms in total. The molecular weight excluding hydrogens is 291 g/mol. The molecule has 0 fully saturated rings. The minimum absolute atomic E-state index is 0.118. The number of aromatic nitrogens is 1. The van der Waals surface area contributed by atoms with Crippen LogP contribution >= 0.6 is 11.6 Å². The van der Waals surface area contributed by atoms with E-state index in [1.807, 2.05) is 13.0 Å². The monoisotopic (exact) mass is 310 g/mol. The second-order valence-corrected chi connectivity index (χ2v) is 4.73. The van der Waals surface area contributed by atoms with Crippen molar-refractivity contribution < 1.29 is 9.13 Å². The molecule has 2 N–H and O–H groups in total. The summed E-state index contributed by atoms with van der Waals surface area (Å²) < 4.78 is 15.9. The highest BCUT2D eigenvalue weighted by atomic mass is 35.5. The second kappa shape index (κ2) is 9.45.